The molecule has 0 amide bonds. The first-order chi connectivity index (χ1) is 12.7. The van der Waals surface area contributed by atoms with Gasteiger partial charge in [0, 0.05) is 45.5 Å². The average Bonchev–Trinajstić information content (AvgIpc) is 3.29. The van der Waals surface area contributed by atoms with Crippen molar-refractivity contribution in [1.29, 1.82) is 0 Å². The molecule has 2 unspecified atom stereocenters. The van der Waals surface area contributed by atoms with Crippen molar-refractivity contribution in [1.82, 2.24) is 20.5 Å². The fourth-order valence-electron chi connectivity index (χ4n) is 3.91. The molecule has 1 aromatic rings. The van der Waals surface area contributed by atoms with Crippen LogP contribution in [0, 0.1) is 5.92 Å². The predicted octanol–water partition coefficient (Wildman–Crippen LogP) is 2.83. The third-order valence-corrected chi connectivity index (χ3v) is 5.55. The molecule has 152 valence electrons. The molecule has 2 N–H and O–H groups in total. The van der Waals surface area contributed by atoms with E-state index in [1.54, 1.807) is 6.20 Å². The first-order valence-electron chi connectivity index (χ1n) is 9.74. The lowest BCUT2D eigenvalue weighted by molar-refractivity contribution is 0.324. The van der Waals surface area contributed by atoms with Gasteiger partial charge in [0.15, 0.2) is 5.96 Å². The number of hydrogen-bond donors (Lipinski definition) is 2. The van der Waals surface area contributed by atoms with Crippen LogP contribution in [0.15, 0.2) is 23.3 Å². The third-order valence-electron chi connectivity index (χ3n) is 5.26. The highest BCUT2D eigenvalue weighted by Gasteiger charge is 2.26. The number of halogens is 2. The Balaban J connectivity index is 0.00000261. The van der Waals surface area contributed by atoms with Gasteiger partial charge < -0.3 is 20.4 Å². The van der Waals surface area contributed by atoms with Gasteiger partial charge >= 0.3 is 0 Å². The van der Waals surface area contributed by atoms with E-state index in [-0.39, 0.29) is 24.0 Å². The second-order valence-corrected chi connectivity index (χ2v) is 7.70. The standard InChI is InChI=1S/C19H31ClN6.HI/c1-3-9-25-10-6-15(13-25)12-23-19(21-2)24-16-7-11-26(14-16)18-17(20)5-4-8-22-18;/h4-5,8,15-16H,3,6-7,9-14H2,1-2H3,(H2,21,23,24);1H. The second kappa shape index (κ2) is 11.3. The van der Waals surface area contributed by atoms with Crippen molar-refractivity contribution in [2.24, 2.45) is 10.9 Å². The molecular formula is C19H32ClIN6. The van der Waals surface area contributed by atoms with E-state index in [1.807, 2.05) is 19.2 Å². The molecule has 2 aliphatic rings. The van der Waals surface area contributed by atoms with Crippen molar-refractivity contribution >= 4 is 47.4 Å². The van der Waals surface area contributed by atoms with Gasteiger partial charge in [0.25, 0.3) is 0 Å². The Hall–Kier alpha value is -0.800. The van der Waals surface area contributed by atoms with Gasteiger partial charge in [-0.2, -0.15) is 0 Å². The van der Waals surface area contributed by atoms with E-state index in [0.717, 1.165) is 37.8 Å². The Bertz CT molecular complexity index is 614. The Kier molecular flexibility index (Phi) is 9.38. The summed E-state index contributed by atoms with van der Waals surface area (Å²) in [6, 6.07) is 4.13. The summed E-state index contributed by atoms with van der Waals surface area (Å²) >= 11 is 6.28. The van der Waals surface area contributed by atoms with Crippen LogP contribution in [-0.2, 0) is 0 Å². The fraction of sp³-hybridized carbons (Fsp3) is 0.684. The van der Waals surface area contributed by atoms with E-state index in [9.17, 15) is 0 Å². The van der Waals surface area contributed by atoms with Crippen molar-refractivity contribution < 1.29 is 0 Å². The number of pyridine rings is 1. The van der Waals surface area contributed by atoms with E-state index in [0.29, 0.717) is 17.0 Å². The molecule has 8 heteroatoms. The highest BCUT2D eigenvalue weighted by atomic mass is 127. The molecule has 6 nitrogen and oxygen atoms in total. The van der Waals surface area contributed by atoms with Crippen LogP contribution in [0.4, 0.5) is 5.82 Å². The molecule has 0 bridgehead atoms. The summed E-state index contributed by atoms with van der Waals surface area (Å²) in [5.74, 6) is 2.49. The van der Waals surface area contributed by atoms with Crippen LogP contribution in [0.2, 0.25) is 5.02 Å². The van der Waals surface area contributed by atoms with Crippen molar-refractivity contribution in [3.05, 3.63) is 23.4 Å². The molecule has 2 fully saturated rings. The highest BCUT2D eigenvalue weighted by molar-refractivity contribution is 14.0. The number of rotatable bonds is 6. The van der Waals surface area contributed by atoms with Crippen LogP contribution in [-0.4, -0.2) is 68.2 Å². The molecule has 2 aliphatic heterocycles. The van der Waals surface area contributed by atoms with Crippen molar-refractivity contribution in [2.75, 3.05) is 51.2 Å². The lowest BCUT2D eigenvalue weighted by atomic mass is 10.1. The summed E-state index contributed by atoms with van der Waals surface area (Å²) in [6.45, 7) is 8.74. The monoisotopic (exact) mass is 506 g/mol. The molecule has 3 rings (SSSR count). The number of aromatic nitrogens is 1. The molecule has 2 saturated heterocycles. The number of nitrogens with one attached hydrogen (secondary N) is 2. The number of guanidine groups is 1. The second-order valence-electron chi connectivity index (χ2n) is 7.29. The largest absolute Gasteiger partial charge is 0.356 e. The molecular weight excluding hydrogens is 475 g/mol. The SMILES string of the molecule is CCCN1CCC(CNC(=NC)NC2CCN(c3ncccc3Cl)C2)C1.I. The van der Waals surface area contributed by atoms with Gasteiger partial charge in [0.2, 0.25) is 0 Å². The number of aliphatic imine (C=N–C) groups is 1. The van der Waals surface area contributed by atoms with Crippen LogP contribution >= 0.6 is 35.6 Å². The van der Waals surface area contributed by atoms with E-state index < -0.39 is 0 Å². The zero-order valence-electron chi connectivity index (χ0n) is 16.3. The molecule has 27 heavy (non-hydrogen) atoms. The normalized spacial score (nSPS) is 23.4. The predicted molar refractivity (Wildman–Crippen MR) is 125 cm³/mol. The molecule has 0 aliphatic carbocycles. The van der Waals surface area contributed by atoms with Gasteiger partial charge in [-0.1, -0.05) is 18.5 Å². The van der Waals surface area contributed by atoms with E-state index in [2.05, 4.69) is 37.3 Å². The smallest absolute Gasteiger partial charge is 0.191 e. The van der Waals surface area contributed by atoms with E-state index in [1.165, 1.54) is 32.5 Å². The minimum atomic E-state index is 0. The quantitative estimate of drug-likeness (QED) is 0.353. The van der Waals surface area contributed by atoms with Gasteiger partial charge in [-0.3, -0.25) is 4.99 Å². The third kappa shape index (κ3) is 6.35. The first kappa shape index (κ1) is 22.5. The van der Waals surface area contributed by atoms with E-state index >= 15 is 0 Å². The van der Waals surface area contributed by atoms with Crippen LogP contribution in [0.25, 0.3) is 0 Å². The maximum atomic E-state index is 6.28. The van der Waals surface area contributed by atoms with Gasteiger partial charge in [-0.15, -0.1) is 24.0 Å². The summed E-state index contributed by atoms with van der Waals surface area (Å²) in [4.78, 5) is 13.6. The zero-order valence-corrected chi connectivity index (χ0v) is 19.4. The molecule has 1 aromatic heterocycles. The minimum absolute atomic E-state index is 0. The van der Waals surface area contributed by atoms with E-state index in [4.69, 9.17) is 11.6 Å². The number of anilines is 1. The molecule has 0 saturated carbocycles. The molecule has 0 spiro atoms. The summed E-state index contributed by atoms with van der Waals surface area (Å²) in [5.41, 5.74) is 0. The first-order valence-corrected chi connectivity index (χ1v) is 10.1. The van der Waals surface area contributed by atoms with Crippen LogP contribution < -0.4 is 15.5 Å². The Morgan fingerprint density at radius 3 is 2.93 bits per heavy atom. The van der Waals surface area contributed by atoms with Gasteiger partial charge in [-0.05, 0) is 50.4 Å². The molecule has 0 radical (unpaired) electrons. The summed E-state index contributed by atoms with van der Waals surface area (Å²) in [5, 5.41) is 7.79. The lowest BCUT2D eigenvalue weighted by Crippen LogP contribution is -2.46. The van der Waals surface area contributed by atoms with Gasteiger partial charge in [0.1, 0.15) is 5.82 Å². The van der Waals surface area contributed by atoms with Crippen LogP contribution in [0.3, 0.4) is 0 Å². The number of likely N-dealkylation sites (tertiary alicyclic amines) is 1. The Morgan fingerprint density at radius 2 is 2.19 bits per heavy atom. The number of nitrogens with zero attached hydrogens (tertiary/aromatic N) is 4. The fourth-order valence-corrected chi connectivity index (χ4v) is 4.15. The van der Waals surface area contributed by atoms with Crippen molar-refractivity contribution in [3.63, 3.8) is 0 Å². The van der Waals surface area contributed by atoms with Gasteiger partial charge in [-0.25, -0.2) is 4.98 Å². The number of hydrogen-bond acceptors (Lipinski definition) is 4. The van der Waals surface area contributed by atoms with Crippen molar-refractivity contribution in [2.45, 2.75) is 32.2 Å². The van der Waals surface area contributed by atoms with Gasteiger partial charge in [0.05, 0.1) is 5.02 Å². The highest BCUT2D eigenvalue weighted by Crippen LogP contribution is 2.25. The lowest BCUT2D eigenvalue weighted by Gasteiger charge is -2.21. The summed E-state index contributed by atoms with van der Waals surface area (Å²) in [6.07, 6.45) is 5.37. The Labute approximate surface area is 185 Å². The minimum Gasteiger partial charge on any atom is -0.356 e. The summed E-state index contributed by atoms with van der Waals surface area (Å²) < 4.78 is 0. The molecule has 3 heterocycles. The summed E-state index contributed by atoms with van der Waals surface area (Å²) in [7, 11) is 1.84. The maximum absolute atomic E-state index is 6.28. The molecule has 0 aromatic carbocycles. The topological polar surface area (TPSA) is 55.8 Å². The van der Waals surface area contributed by atoms with Crippen LogP contribution in [0.5, 0.6) is 0 Å². The van der Waals surface area contributed by atoms with Crippen molar-refractivity contribution in [3.8, 4) is 0 Å². The average molecular weight is 507 g/mol. The molecule has 2 atom stereocenters. The zero-order chi connectivity index (χ0) is 18.4. The van der Waals surface area contributed by atoms with Crippen LogP contribution in [0.1, 0.15) is 26.2 Å². The Morgan fingerprint density at radius 1 is 1.33 bits per heavy atom. The maximum Gasteiger partial charge on any atom is 0.191 e.